The minimum atomic E-state index is -0.178. The highest BCUT2D eigenvalue weighted by Crippen LogP contribution is 2.23. The van der Waals surface area contributed by atoms with E-state index >= 15 is 0 Å². The topological polar surface area (TPSA) is 0 Å². The van der Waals surface area contributed by atoms with Crippen LogP contribution in [0.4, 0.5) is 4.39 Å². The largest absolute Gasteiger partial charge is 0.207 e. The van der Waals surface area contributed by atoms with Gasteiger partial charge in [-0.3, -0.25) is 0 Å². The highest BCUT2D eigenvalue weighted by atomic mass is 19.1. The summed E-state index contributed by atoms with van der Waals surface area (Å²) in [6.45, 7) is 8.70. The Balaban J connectivity index is 2.76. The van der Waals surface area contributed by atoms with Gasteiger partial charge in [-0.15, -0.1) is 0 Å². The van der Waals surface area contributed by atoms with Crippen molar-refractivity contribution in [3.8, 4) is 0 Å². The number of rotatable bonds is 2. The van der Waals surface area contributed by atoms with Crippen molar-refractivity contribution in [3.63, 3.8) is 0 Å². The van der Waals surface area contributed by atoms with Crippen molar-refractivity contribution in [1.29, 1.82) is 0 Å². The van der Waals surface area contributed by atoms with E-state index in [0.717, 1.165) is 12.0 Å². The molecule has 0 atom stereocenters. The van der Waals surface area contributed by atoms with Crippen molar-refractivity contribution >= 4 is 5.57 Å². The molecule has 1 aromatic carbocycles. The molecule has 0 unspecified atom stereocenters. The molecule has 0 nitrogen and oxygen atoms in total. The number of hydrogen-bond acceptors (Lipinski definition) is 0. The third-order valence-corrected chi connectivity index (χ3v) is 2.32. The van der Waals surface area contributed by atoms with Crippen molar-refractivity contribution in [2.24, 2.45) is 5.41 Å². The third-order valence-electron chi connectivity index (χ3n) is 2.32. The van der Waals surface area contributed by atoms with Gasteiger partial charge in [0.15, 0.2) is 0 Å². The summed E-state index contributed by atoms with van der Waals surface area (Å²) in [5, 5.41) is 0. The maximum atomic E-state index is 12.7. The summed E-state index contributed by atoms with van der Waals surface area (Å²) in [5.41, 5.74) is 2.62. The first-order valence-corrected chi connectivity index (χ1v) is 5.31. The molecule has 0 radical (unpaired) electrons. The Morgan fingerprint density at radius 3 is 2.20 bits per heavy atom. The summed E-state index contributed by atoms with van der Waals surface area (Å²) in [5.74, 6) is -0.178. The molecule has 0 bridgehead atoms. The molecule has 0 N–H and O–H groups in total. The molecule has 0 aromatic heterocycles. The maximum absolute atomic E-state index is 12.7. The average molecular weight is 206 g/mol. The van der Waals surface area contributed by atoms with E-state index in [2.05, 4.69) is 33.8 Å². The van der Waals surface area contributed by atoms with Crippen LogP contribution in [0.1, 0.15) is 39.7 Å². The lowest BCUT2D eigenvalue weighted by Gasteiger charge is -2.15. The molecular formula is C14H19F. The maximum Gasteiger partial charge on any atom is 0.123 e. The number of hydrogen-bond donors (Lipinski definition) is 0. The monoisotopic (exact) mass is 206 g/mol. The summed E-state index contributed by atoms with van der Waals surface area (Å²) in [6.07, 6.45) is 3.25. The molecule has 15 heavy (non-hydrogen) atoms. The highest BCUT2D eigenvalue weighted by Gasteiger charge is 2.07. The molecular weight excluding hydrogens is 187 g/mol. The standard InChI is InChI=1S/C14H19F/c1-11(9-10-14(2,3)4)12-5-7-13(15)8-6-12/h5-9H,10H2,1-4H3/b11-9+. The number of allylic oxidation sites excluding steroid dienone is 2. The molecule has 1 heteroatoms. The van der Waals surface area contributed by atoms with E-state index in [9.17, 15) is 4.39 Å². The second kappa shape index (κ2) is 4.61. The Kier molecular flexibility index (Phi) is 3.67. The Hall–Kier alpha value is -1.11. The van der Waals surface area contributed by atoms with Crippen LogP contribution in [0.5, 0.6) is 0 Å². The van der Waals surface area contributed by atoms with E-state index in [4.69, 9.17) is 0 Å². The summed E-state index contributed by atoms with van der Waals surface area (Å²) in [4.78, 5) is 0. The predicted molar refractivity (Wildman–Crippen MR) is 64.1 cm³/mol. The highest BCUT2D eigenvalue weighted by molar-refractivity contribution is 5.63. The normalized spacial score (nSPS) is 13.0. The van der Waals surface area contributed by atoms with Crippen molar-refractivity contribution in [2.75, 3.05) is 0 Å². The van der Waals surface area contributed by atoms with Gasteiger partial charge in [-0.25, -0.2) is 4.39 Å². The Bertz CT molecular complexity index is 339. The summed E-state index contributed by atoms with van der Waals surface area (Å²) < 4.78 is 12.7. The molecule has 0 aliphatic heterocycles. The van der Waals surface area contributed by atoms with Crippen molar-refractivity contribution in [2.45, 2.75) is 34.1 Å². The first kappa shape index (κ1) is 12.0. The van der Waals surface area contributed by atoms with Crippen LogP contribution in [0.15, 0.2) is 30.3 Å². The zero-order chi connectivity index (χ0) is 11.5. The zero-order valence-corrected chi connectivity index (χ0v) is 9.97. The Morgan fingerprint density at radius 1 is 1.20 bits per heavy atom. The zero-order valence-electron chi connectivity index (χ0n) is 9.97. The lowest BCUT2D eigenvalue weighted by Crippen LogP contribution is -2.02. The quantitative estimate of drug-likeness (QED) is 0.660. The molecule has 0 saturated heterocycles. The minimum absolute atomic E-state index is 0.178. The van der Waals surface area contributed by atoms with Gasteiger partial charge in [0.1, 0.15) is 5.82 Å². The van der Waals surface area contributed by atoms with Gasteiger partial charge in [0.05, 0.1) is 0 Å². The van der Waals surface area contributed by atoms with Crippen molar-refractivity contribution < 1.29 is 4.39 Å². The molecule has 0 spiro atoms. The first-order valence-electron chi connectivity index (χ1n) is 5.31. The van der Waals surface area contributed by atoms with Crippen molar-refractivity contribution in [1.82, 2.24) is 0 Å². The first-order chi connectivity index (χ1) is 6.88. The van der Waals surface area contributed by atoms with Crippen LogP contribution in [0.2, 0.25) is 0 Å². The van der Waals surface area contributed by atoms with Gasteiger partial charge in [-0.05, 0) is 42.0 Å². The van der Waals surface area contributed by atoms with Gasteiger partial charge in [0.2, 0.25) is 0 Å². The Morgan fingerprint density at radius 2 is 1.73 bits per heavy atom. The molecule has 82 valence electrons. The lowest BCUT2D eigenvalue weighted by atomic mass is 9.90. The van der Waals surface area contributed by atoms with Crippen LogP contribution >= 0.6 is 0 Å². The van der Waals surface area contributed by atoms with Gasteiger partial charge in [0.25, 0.3) is 0 Å². The van der Waals surface area contributed by atoms with Crippen LogP contribution in [-0.2, 0) is 0 Å². The summed E-state index contributed by atoms with van der Waals surface area (Å²) in [7, 11) is 0. The molecule has 0 saturated carbocycles. The molecule has 1 aromatic rings. The molecule has 0 fully saturated rings. The van der Waals surface area contributed by atoms with E-state index in [1.165, 1.54) is 17.7 Å². The fraction of sp³-hybridized carbons (Fsp3) is 0.429. The van der Waals surface area contributed by atoms with Gasteiger partial charge < -0.3 is 0 Å². The van der Waals surface area contributed by atoms with E-state index in [1.807, 2.05) is 12.1 Å². The van der Waals surface area contributed by atoms with Gasteiger partial charge in [-0.2, -0.15) is 0 Å². The molecule has 0 aliphatic carbocycles. The van der Waals surface area contributed by atoms with Crippen molar-refractivity contribution in [3.05, 3.63) is 41.7 Å². The number of halogens is 1. The summed E-state index contributed by atoms with van der Waals surface area (Å²) >= 11 is 0. The fourth-order valence-electron chi connectivity index (χ4n) is 1.29. The van der Waals surface area contributed by atoms with E-state index in [-0.39, 0.29) is 5.82 Å². The van der Waals surface area contributed by atoms with Crippen LogP contribution in [0, 0.1) is 11.2 Å². The third kappa shape index (κ3) is 4.28. The minimum Gasteiger partial charge on any atom is -0.207 e. The van der Waals surface area contributed by atoms with Gasteiger partial charge >= 0.3 is 0 Å². The second-order valence-corrected chi connectivity index (χ2v) is 5.16. The van der Waals surface area contributed by atoms with Gasteiger partial charge in [-0.1, -0.05) is 39.0 Å². The van der Waals surface area contributed by atoms with Crippen LogP contribution in [-0.4, -0.2) is 0 Å². The molecule has 1 rings (SSSR count). The number of benzene rings is 1. The Labute approximate surface area is 91.8 Å². The smallest absolute Gasteiger partial charge is 0.123 e. The lowest BCUT2D eigenvalue weighted by molar-refractivity contribution is 0.421. The van der Waals surface area contributed by atoms with Crippen LogP contribution in [0.25, 0.3) is 5.57 Å². The van der Waals surface area contributed by atoms with Gasteiger partial charge in [0, 0.05) is 0 Å². The fourth-order valence-corrected chi connectivity index (χ4v) is 1.29. The molecule has 0 amide bonds. The molecule has 0 aliphatic rings. The van der Waals surface area contributed by atoms with E-state index < -0.39 is 0 Å². The molecule has 0 heterocycles. The second-order valence-electron chi connectivity index (χ2n) is 5.16. The average Bonchev–Trinajstić information content (AvgIpc) is 2.14. The summed E-state index contributed by atoms with van der Waals surface area (Å²) in [6, 6.07) is 6.65. The predicted octanol–water partition coefficient (Wildman–Crippen LogP) is 4.67. The van der Waals surface area contributed by atoms with Crippen LogP contribution < -0.4 is 0 Å². The SMILES string of the molecule is C/C(=C\CC(C)(C)C)c1ccc(F)cc1. The van der Waals surface area contributed by atoms with Crippen LogP contribution in [0.3, 0.4) is 0 Å². The van der Waals surface area contributed by atoms with E-state index in [0.29, 0.717) is 5.41 Å². The van der Waals surface area contributed by atoms with E-state index in [1.54, 1.807) is 0 Å².